The molecule has 0 spiro atoms. The lowest BCUT2D eigenvalue weighted by molar-refractivity contribution is 0.526. The van der Waals surface area contributed by atoms with Crippen molar-refractivity contribution >= 4 is 23.9 Å². The first-order chi connectivity index (χ1) is 22.4. The fraction of sp³-hybridized carbons (Fsp3) is 0.286. The molecule has 2 heterocycles. The Kier molecular flexibility index (Phi) is 6.03. The minimum atomic E-state index is 0.0298. The maximum atomic E-state index is 10.5. The molecule has 224 valence electrons. The molecule has 0 bridgehead atoms. The van der Waals surface area contributed by atoms with Crippen LogP contribution < -0.4 is 0 Å². The van der Waals surface area contributed by atoms with Gasteiger partial charge in [-0.3, -0.25) is 0 Å². The van der Waals surface area contributed by atoms with Crippen molar-refractivity contribution < 1.29 is 0 Å². The Labute approximate surface area is 275 Å². The van der Waals surface area contributed by atoms with E-state index in [1.165, 1.54) is 38.6 Å². The van der Waals surface area contributed by atoms with Crippen molar-refractivity contribution in [2.45, 2.75) is 68.9 Å². The fourth-order valence-corrected chi connectivity index (χ4v) is 10.8. The molecule has 2 aromatic carbocycles. The third kappa shape index (κ3) is 3.77. The van der Waals surface area contributed by atoms with E-state index in [2.05, 4.69) is 104 Å². The maximum absolute atomic E-state index is 10.5. The highest BCUT2D eigenvalue weighted by molar-refractivity contribution is 8.00. The Balaban J connectivity index is 1.17. The Morgan fingerprint density at radius 1 is 0.935 bits per heavy atom. The number of allylic oxidation sites excluding steroid dienone is 9. The zero-order valence-electron chi connectivity index (χ0n) is 26.5. The molecule has 0 radical (unpaired) electrons. The van der Waals surface area contributed by atoms with Crippen LogP contribution in [0.2, 0.25) is 0 Å². The van der Waals surface area contributed by atoms with Gasteiger partial charge in [-0.25, -0.2) is 0 Å². The average molecular weight is 614 g/mol. The molecule has 6 aliphatic rings. The summed E-state index contributed by atoms with van der Waals surface area (Å²) < 4.78 is 2.39. The van der Waals surface area contributed by atoms with Gasteiger partial charge in [0.25, 0.3) is 0 Å². The van der Waals surface area contributed by atoms with Gasteiger partial charge in [-0.1, -0.05) is 75.4 Å². The first-order valence-corrected chi connectivity index (χ1v) is 17.5. The summed E-state index contributed by atoms with van der Waals surface area (Å²) in [4.78, 5) is 1.37. The van der Waals surface area contributed by atoms with Crippen molar-refractivity contribution in [2.75, 3.05) is 0 Å². The Morgan fingerprint density at radius 2 is 1.80 bits per heavy atom. The van der Waals surface area contributed by atoms with Crippen LogP contribution in [0, 0.1) is 34.0 Å². The molecule has 0 saturated carbocycles. The van der Waals surface area contributed by atoms with E-state index >= 15 is 0 Å². The van der Waals surface area contributed by atoms with Gasteiger partial charge in [-0.05, 0) is 95.7 Å². The predicted octanol–water partition coefficient (Wildman–Crippen LogP) is 10.2. The number of rotatable bonds is 2. The standard InChI is InChI=1S/C42H35N3S/c1-24-11-16-35-32(19-24)30-14-15-31-34-21-26(13-18-38(34)46-41(31)39(30)42(35,2)3)28-9-6-7-27(23-44)40(28)45-36-10-5-4-8-29(36)33-20-25(22-43)12-17-37(33)45/h4,6-9,11,13-16,18,20-21,24,31,41H,5,10,12,17,19H2,1-3H3/t24?,31-,41?/m1/s1. The van der Waals surface area contributed by atoms with E-state index < -0.39 is 0 Å². The number of nitrogens with zero attached hydrogens (tertiary/aromatic N) is 3. The lowest BCUT2D eigenvalue weighted by atomic mass is 9.73. The molecule has 0 fully saturated rings. The Bertz CT molecular complexity index is 2180. The third-order valence-corrected chi connectivity index (χ3v) is 12.6. The van der Waals surface area contributed by atoms with Gasteiger partial charge in [-0.2, -0.15) is 10.5 Å². The maximum Gasteiger partial charge on any atom is 0.101 e. The minimum Gasteiger partial charge on any atom is -0.315 e. The molecule has 1 aromatic heterocycles. The van der Waals surface area contributed by atoms with Crippen molar-refractivity contribution in [3.05, 3.63) is 128 Å². The second-order valence-electron chi connectivity index (χ2n) is 14.2. The van der Waals surface area contributed by atoms with Crippen molar-refractivity contribution in [3.8, 4) is 29.0 Å². The molecule has 46 heavy (non-hydrogen) atoms. The van der Waals surface area contributed by atoms with Gasteiger partial charge in [-0.15, -0.1) is 11.8 Å². The average Bonchev–Trinajstić information content (AvgIpc) is 3.68. The Morgan fingerprint density at radius 3 is 2.65 bits per heavy atom. The number of thioether (sulfide) groups is 1. The minimum absolute atomic E-state index is 0.0298. The molecule has 0 saturated heterocycles. The number of hydrogen-bond acceptors (Lipinski definition) is 3. The molecule has 9 rings (SSSR count). The summed E-state index contributed by atoms with van der Waals surface area (Å²) in [6.07, 6.45) is 20.8. The molecule has 2 unspecified atom stereocenters. The Hall–Kier alpha value is -4.51. The molecule has 0 amide bonds. The second kappa shape index (κ2) is 9.99. The summed E-state index contributed by atoms with van der Waals surface area (Å²) in [6, 6.07) is 18.1. The van der Waals surface area contributed by atoms with Crippen LogP contribution in [-0.2, 0) is 12.8 Å². The predicted molar refractivity (Wildman–Crippen MR) is 187 cm³/mol. The van der Waals surface area contributed by atoms with Crippen LogP contribution in [0.5, 0.6) is 0 Å². The van der Waals surface area contributed by atoms with Gasteiger partial charge < -0.3 is 4.57 Å². The van der Waals surface area contributed by atoms with E-state index in [9.17, 15) is 10.5 Å². The highest BCUT2D eigenvalue weighted by Crippen LogP contribution is 2.62. The number of hydrogen-bond donors (Lipinski definition) is 0. The number of benzene rings is 2. The zero-order chi connectivity index (χ0) is 31.3. The zero-order valence-corrected chi connectivity index (χ0v) is 27.3. The molecule has 0 N–H and O–H groups in total. The number of para-hydroxylation sites is 1. The highest BCUT2D eigenvalue weighted by atomic mass is 32.2. The number of fused-ring (bicyclic) bond motifs is 8. The van der Waals surface area contributed by atoms with E-state index in [0.717, 1.165) is 60.1 Å². The first kappa shape index (κ1) is 27.8. The van der Waals surface area contributed by atoms with Gasteiger partial charge in [0.1, 0.15) is 6.07 Å². The van der Waals surface area contributed by atoms with E-state index in [4.69, 9.17) is 0 Å². The highest BCUT2D eigenvalue weighted by Gasteiger charge is 2.48. The van der Waals surface area contributed by atoms with Gasteiger partial charge in [0.15, 0.2) is 0 Å². The smallest absolute Gasteiger partial charge is 0.101 e. The normalized spacial score (nSPS) is 24.4. The summed E-state index contributed by atoms with van der Waals surface area (Å²) in [5.74, 6) is 0.911. The van der Waals surface area contributed by atoms with Crippen molar-refractivity contribution in [1.29, 1.82) is 10.5 Å². The summed E-state index contributed by atoms with van der Waals surface area (Å²) in [7, 11) is 0. The largest absolute Gasteiger partial charge is 0.315 e. The van der Waals surface area contributed by atoms with Gasteiger partial charge in [0, 0.05) is 55.1 Å². The van der Waals surface area contributed by atoms with Crippen LogP contribution in [0.15, 0.2) is 99.5 Å². The first-order valence-electron chi connectivity index (χ1n) is 16.6. The molecular weight excluding hydrogens is 579 g/mol. The van der Waals surface area contributed by atoms with E-state index in [1.807, 2.05) is 23.9 Å². The lowest BCUT2D eigenvalue weighted by Gasteiger charge is -2.34. The summed E-state index contributed by atoms with van der Waals surface area (Å²) in [5, 5.41) is 20.6. The summed E-state index contributed by atoms with van der Waals surface area (Å²) in [5.41, 5.74) is 17.2. The summed E-state index contributed by atoms with van der Waals surface area (Å²) >= 11 is 2.04. The fourth-order valence-electron chi connectivity index (χ4n) is 9.09. The molecule has 4 heteroatoms. The van der Waals surface area contributed by atoms with Crippen LogP contribution in [0.1, 0.15) is 79.6 Å². The molecule has 3 atom stereocenters. The van der Waals surface area contributed by atoms with Gasteiger partial charge in [0.2, 0.25) is 0 Å². The SMILES string of the molecule is CC1C=CC2=C(C1)C1=C(C3Sc4ccc(-c5cccc(C#N)c5-n5c6c(c7c5CCC(C#N)=C7)C=CCC6)cc4[C@H]3C=C1)C2(C)C. The van der Waals surface area contributed by atoms with E-state index in [-0.39, 0.29) is 5.41 Å². The van der Waals surface area contributed by atoms with E-state index in [1.54, 1.807) is 11.1 Å². The van der Waals surface area contributed by atoms with Crippen LogP contribution in [0.4, 0.5) is 0 Å². The number of nitriles is 2. The van der Waals surface area contributed by atoms with Gasteiger partial charge >= 0.3 is 0 Å². The third-order valence-electron chi connectivity index (χ3n) is 11.2. The molecule has 1 aliphatic heterocycles. The molecular formula is C42H35N3S. The van der Waals surface area contributed by atoms with Crippen molar-refractivity contribution in [1.82, 2.24) is 4.57 Å². The molecule has 3 aromatic rings. The van der Waals surface area contributed by atoms with Crippen molar-refractivity contribution in [2.24, 2.45) is 11.3 Å². The quantitative estimate of drug-likeness (QED) is 0.289. The van der Waals surface area contributed by atoms with Gasteiger partial charge in [0.05, 0.1) is 17.3 Å². The molecule has 3 nitrogen and oxygen atoms in total. The van der Waals surface area contributed by atoms with Crippen LogP contribution in [-0.4, -0.2) is 9.82 Å². The summed E-state index contributed by atoms with van der Waals surface area (Å²) in [6.45, 7) is 7.19. The second-order valence-corrected chi connectivity index (χ2v) is 15.3. The van der Waals surface area contributed by atoms with Crippen molar-refractivity contribution in [3.63, 3.8) is 0 Å². The van der Waals surface area contributed by atoms with Crippen LogP contribution >= 0.6 is 11.8 Å². The number of aromatic nitrogens is 1. The molecule has 5 aliphatic carbocycles. The lowest BCUT2D eigenvalue weighted by Crippen LogP contribution is -2.26. The topological polar surface area (TPSA) is 52.5 Å². The van der Waals surface area contributed by atoms with Crippen LogP contribution in [0.3, 0.4) is 0 Å². The van der Waals surface area contributed by atoms with E-state index in [0.29, 0.717) is 22.6 Å². The van der Waals surface area contributed by atoms with Crippen LogP contribution in [0.25, 0.3) is 29.0 Å². The monoisotopic (exact) mass is 613 g/mol.